The molecule has 0 radical (unpaired) electrons. The molecule has 0 aliphatic heterocycles. The Labute approximate surface area is 213 Å². The van der Waals surface area contributed by atoms with Crippen LogP contribution in [-0.4, -0.2) is 19.0 Å². The van der Waals surface area contributed by atoms with Gasteiger partial charge in [0, 0.05) is 0 Å². The van der Waals surface area contributed by atoms with Crippen LogP contribution in [0.3, 0.4) is 0 Å². The summed E-state index contributed by atoms with van der Waals surface area (Å²) in [7, 11) is 1.50. The van der Waals surface area contributed by atoms with Gasteiger partial charge in [-0.05, 0) is 0 Å². The van der Waals surface area contributed by atoms with Gasteiger partial charge in [-0.1, -0.05) is 86.6 Å². The Kier molecular flexibility index (Phi) is 11.1. The molecule has 3 heteroatoms. The molecule has 0 spiro atoms. The van der Waals surface area contributed by atoms with Crippen LogP contribution in [-0.2, 0) is 20.0 Å². The molecule has 2 nitrogen and oxygen atoms in total. The molecule has 0 aliphatic carbocycles. The molecule has 0 unspecified atom stereocenters. The summed E-state index contributed by atoms with van der Waals surface area (Å²) in [5.74, 6) is 0. The summed E-state index contributed by atoms with van der Waals surface area (Å²) < 4.78 is 0. The van der Waals surface area contributed by atoms with E-state index in [0.29, 0.717) is 0 Å². The third kappa shape index (κ3) is 5.78. The summed E-state index contributed by atoms with van der Waals surface area (Å²) in [6, 6.07) is 34.7. The van der Waals surface area contributed by atoms with E-state index >= 15 is 0 Å². The van der Waals surface area contributed by atoms with Gasteiger partial charge in [-0.15, -0.1) is 78.5 Å². The minimum atomic E-state index is 0.750. The number of hydrogen-bond acceptors (Lipinski definition) is 2. The molecule has 0 amide bonds. The van der Waals surface area contributed by atoms with Crippen LogP contribution in [0, 0.1) is 13.8 Å². The monoisotopic (exact) mass is 482 g/mol. The second-order valence-electron chi connectivity index (χ2n) is 7.54. The third-order valence-electron chi connectivity index (χ3n) is 5.75. The summed E-state index contributed by atoms with van der Waals surface area (Å²) in [5.41, 5.74) is 2.72. The van der Waals surface area contributed by atoms with Crippen molar-refractivity contribution in [2.24, 2.45) is 0 Å². The average molecular weight is 482 g/mol. The fourth-order valence-corrected chi connectivity index (χ4v) is 4.26. The molecular formula is C31H30O2Ti-2. The fourth-order valence-electron chi connectivity index (χ4n) is 4.26. The van der Waals surface area contributed by atoms with E-state index < -0.39 is 0 Å². The number of benzene rings is 4. The quantitative estimate of drug-likeness (QED) is 0.198. The molecule has 0 heterocycles. The van der Waals surface area contributed by atoms with Crippen molar-refractivity contribution >= 4 is 47.9 Å². The van der Waals surface area contributed by atoms with Crippen LogP contribution in [0.4, 0.5) is 0 Å². The van der Waals surface area contributed by atoms with Crippen LogP contribution in [0.5, 0.6) is 0 Å². The van der Waals surface area contributed by atoms with E-state index in [9.17, 15) is 0 Å². The minimum absolute atomic E-state index is 0.750. The molecule has 172 valence electrons. The topological polar surface area (TPSA) is 46.1 Å². The van der Waals surface area contributed by atoms with Gasteiger partial charge in [0.1, 0.15) is 0 Å². The summed E-state index contributed by atoms with van der Waals surface area (Å²) in [4.78, 5) is 3.25. The van der Waals surface area contributed by atoms with Crippen LogP contribution in [0.25, 0.3) is 43.1 Å². The first kappa shape index (κ1) is 27.4. The van der Waals surface area contributed by atoms with Crippen LogP contribution < -0.4 is 10.2 Å². The Balaban J connectivity index is 0.000000198. The molecule has 34 heavy (non-hydrogen) atoms. The molecule has 0 atom stereocenters. The van der Waals surface area contributed by atoms with Crippen molar-refractivity contribution in [3.05, 3.63) is 108 Å². The molecule has 0 fully saturated rings. The zero-order valence-corrected chi connectivity index (χ0v) is 21.8. The SMILES string of the molecule is C[O-].C[O-].Cc1cccc2c1[cH-]c1ccccc12.Cc1cccc2c1[cH-]c1ccccc12.[CH2]=[Ti+2]. The van der Waals surface area contributed by atoms with E-state index in [1.807, 2.05) is 0 Å². The van der Waals surface area contributed by atoms with Crippen molar-refractivity contribution in [3.8, 4) is 0 Å². The van der Waals surface area contributed by atoms with Gasteiger partial charge in [0.15, 0.2) is 0 Å². The molecule has 6 aromatic carbocycles. The van der Waals surface area contributed by atoms with Gasteiger partial charge in [-0.3, -0.25) is 0 Å². The normalized spacial score (nSPS) is 9.76. The number of hydrogen-bond donors (Lipinski definition) is 0. The Hall–Kier alpha value is -2.88. The van der Waals surface area contributed by atoms with Gasteiger partial charge in [0.25, 0.3) is 0 Å². The molecule has 0 saturated heterocycles. The fraction of sp³-hybridized carbons (Fsp3) is 0.129. The standard InChI is InChI=1S/2C14H11.2CH3O.CH2.Ti/c2*1-10-5-4-8-13-12-7-3-2-6-11(12)9-14(10)13;2*1-2;;/h2*2-9H,1H3;2*1H3;1H2;/q4*-1;;+2. The molecular weight excluding hydrogens is 452 g/mol. The van der Waals surface area contributed by atoms with Crippen LogP contribution in [0.1, 0.15) is 11.1 Å². The van der Waals surface area contributed by atoms with E-state index in [4.69, 9.17) is 10.2 Å². The molecule has 0 aliphatic rings. The predicted molar refractivity (Wildman–Crippen MR) is 143 cm³/mol. The Morgan fingerprint density at radius 3 is 1.21 bits per heavy atom. The molecule has 6 aromatic rings. The van der Waals surface area contributed by atoms with E-state index in [-0.39, 0.29) is 0 Å². The van der Waals surface area contributed by atoms with Crippen LogP contribution >= 0.6 is 0 Å². The van der Waals surface area contributed by atoms with E-state index in [0.717, 1.165) is 14.2 Å². The van der Waals surface area contributed by atoms with Gasteiger partial charge in [0.05, 0.1) is 0 Å². The molecule has 0 aromatic heterocycles. The predicted octanol–water partition coefficient (Wildman–Crippen LogP) is 5.96. The molecule has 0 saturated carbocycles. The van der Waals surface area contributed by atoms with Gasteiger partial charge in [-0.2, -0.15) is 14.2 Å². The molecule has 0 bridgehead atoms. The van der Waals surface area contributed by atoms with Crippen molar-refractivity contribution < 1.29 is 30.2 Å². The van der Waals surface area contributed by atoms with Gasteiger partial charge in [0.2, 0.25) is 0 Å². The van der Waals surface area contributed by atoms with Crippen molar-refractivity contribution in [2.45, 2.75) is 13.8 Å². The molecule has 6 rings (SSSR count). The van der Waals surface area contributed by atoms with Crippen molar-refractivity contribution in [1.82, 2.24) is 0 Å². The first-order valence-corrected chi connectivity index (χ1v) is 12.1. The Bertz CT molecular complexity index is 1340. The third-order valence-corrected chi connectivity index (χ3v) is 5.75. The van der Waals surface area contributed by atoms with Crippen molar-refractivity contribution in [1.29, 1.82) is 0 Å². The van der Waals surface area contributed by atoms with Gasteiger partial charge >= 0.3 is 24.8 Å². The zero-order chi connectivity index (χ0) is 25.1. The summed E-state index contributed by atoms with van der Waals surface area (Å²) in [6.45, 7) is 4.34. The molecule has 0 N–H and O–H groups in total. The first-order valence-electron chi connectivity index (χ1n) is 11.0. The summed E-state index contributed by atoms with van der Waals surface area (Å²) in [5, 5.41) is 27.4. The second-order valence-corrected chi connectivity index (χ2v) is 7.54. The maximum absolute atomic E-state index is 8.25. The average Bonchev–Trinajstić information content (AvgIpc) is 3.49. The van der Waals surface area contributed by atoms with Crippen LogP contribution in [0.15, 0.2) is 97.1 Å². The number of aryl methyl sites for hydroxylation is 2. The van der Waals surface area contributed by atoms with Crippen molar-refractivity contribution in [3.63, 3.8) is 0 Å². The van der Waals surface area contributed by atoms with E-state index in [2.05, 4.69) is 116 Å². The van der Waals surface area contributed by atoms with Gasteiger partial charge in [-0.25, -0.2) is 0 Å². The Morgan fingerprint density at radius 1 is 0.500 bits per heavy atom. The summed E-state index contributed by atoms with van der Waals surface area (Å²) >= 11 is 1.75. The Morgan fingerprint density at radius 2 is 0.824 bits per heavy atom. The van der Waals surface area contributed by atoms with Gasteiger partial charge < -0.3 is 10.2 Å². The number of fused-ring (bicyclic) bond motifs is 6. The van der Waals surface area contributed by atoms with E-state index in [1.54, 1.807) is 20.0 Å². The zero-order valence-electron chi connectivity index (χ0n) is 20.3. The van der Waals surface area contributed by atoms with E-state index in [1.165, 1.54) is 54.2 Å². The van der Waals surface area contributed by atoms with Crippen LogP contribution in [0.2, 0.25) is 0 Å². The van der Waals surface area contributed by atoms with Crippen molar-refractivity contribution in [2.75, 3.05) is 14.2 Å². The number of rotatable bonds is 0. The first-order chi connectivity index (χ1) is 16.7. The maximum atomic E-state index is 8.25. The second kappa shape index (κ2) is 13.7. The summed E-state index contributed by atoms with van der Waals surface area (Å²) in [6.07, 6.45) is 0.